The molecule has 2 aromatic heterocycles. The van der Waals surface area contributed by atoms with Crippen LogP contribution in [0.1, 0.15) is 31.2 Å². The molecule has 6 rings (SSSR count). The molecule has 2 aliphatic carbocycles. The maximum absolute atomic E-state index is 12.4. The zero-order valence-corrected chi connectivity index (χ0v) is 20.6. The van der Waals surface area contributed by atoms with Gasteiger partial charge in [-0.3, -0.25) is 4.79 Å². The van der Waals surface area contributed by atoms with Gasteiger partial charge in [-0.1, -0.05) is 30.0 Å². The lowest BCUT2D eigenvalue weighted by molar-refractivity contribution is -0.115. The van der Waals surface area contributed by atoms with E-state index in [9.17, 15) is 4.79 Å². The van der Waals surface area contributed by atoms with Gasteiger partial charge >= 0.3 is 0 Å². The van der Waals surface area contributed by atoms with Gasteiger partial charge in [0.15, 0.2) is 5.82 Å². The molecule has 3 aromatic rings. The summed E-state index contributed by atoms with van der Waals surface area (Å²) in [7, 11) is 0. The highest BCUT2D eigenvalue weighted by Gasteiger charge is 2.25. The molecule has 0 unspecified atom stereocenters. The summed E-state index contributed by atoms with van der Waals surface area (Å²) in [6.07, 6.45) is 10.3. The Kier molecular flexibility index (Phi) is 6.03. The predicted molar refractivity (Wildman–Crippen MR) is 140 cm³/mol. The molecule has 178 valence electrons. The fourth-order valence-corrected chi connectivity index (χ4v) is 4.79. The minimum atomic E-state index is -0.202. The van der Waals surface area contributed by atoms with Crippen molar-refractivity contribution < 1.29 is 14.3 Å². The van der Waals surface area contributed by atoms with Gasteiger partial charge in [0, 0.05) is 29.6 Å². The lowest BCUT2D eigenvalue weighted by atomic mass is 10.1. The van der Waals surface area contributed by atoms with E-state index in [0.717, 1.165) is 22.6 Å². The molecular formula is C26H24N4O3S2. The van der Waals surface area contributed by atoms with Gasteiger partial charge in [-0.05, 0) is 67.9 Å². The number of nitrogens with zero attached hydrogens (tertiary/aromatic N) is 3. The molecule has 3 fully saturated rings. The van der Waals surface area contributed by atoms with Gasteiger partial charge in [0.25, 0.3) is 5.91 Å². The number of aromatic nitrogens is 3. The Bertz CT molecular complexity index is 1280. The molecule has 35 heavy (non-hydrogen) atoms. The average Bonchev–Trinajstić information content (AvgIpc) is 3.79. The van der Waals surface area contributed by atoms with Crippen LogP contribution in [-0.2, 0) is 4.79 Å². The van der Waals surface area contributed by atoms with Crippen molar-refractivity contribution in [3.05, 3.63) is 59.3 Å². The van der Waals surface area contributed by atoms with E-state index in [4.69, 9.17) is 26.8 Å². The van der Waals surface area contributed by atoms with Crippen LogP contribution in [0.25, 0.3) is 23.2 Å². The number of hydrogen-bond acceptors (Lipinski definition) is 7. The number of pyridine rings is 1. The Labute approximate surface area is 212 Å². The molecule has 0 spiro atoms. The summed E-state index contributed by atoms with van der Waals surface area (Å²) >= 11 is 6.42. The third-order valence-corrected chi connectivity index (χ3v) is 7.24. The number of benzene rings is 1. The number of nitrogens with one attached hydrogen (secondary N) is 1. The summed E-state index contributed by atoms with van der Waals surface area (Å²) in [5.74, 6) is 3.29. The molecule has 1 saturated heterocycles. The molecule has 2 saturated carbocycles. The van der Waals surface area contributed by atoms with Gasteiger partial charge in [-0.25, -0.2) is 9.67 Å². The Morgan fingerprint density at radius 1 is 1.09 bits per heavy atom. The first kappa shape index (κ1) is 22.3. The van der Waals surface area contributed by atoms with Crippen LogP contribution in [-0.4, -0.2) is 38.2 Å². The minimum Gasteiger partial charge on any atom is -0.493 e. The number of hydrogen-bond donors (Lipinski definition) is 1. The second-order valence-electron chi connectivity index (χ2n) is 9.12. The van der Waals surface area contributed by atoms with Gasteiger partial charge in [0.05, 0.1) is 18.1 Å². The van der Waals surface area contributed by atoms with E-state index in [-0.39, 0.29) is 5.91 Å². The van der Waals surface area contributed by atoms with E-state index < -0.39 is 0 Å². The molecule has 1 N–H and O–H groups in total. The van der Waals surface area contributed by atoms with Crippen molar-refractivity contribution in [1.82, 2.24) is 20.1 Å². The lowest BCUT2D eigenvalue weighted by Crippen LogP contribution is -2.17. The van der Waals surface area contributed by atoms with E-state index in [1.54, 1.807) is 10.9 Å². The smallest absolute Gasteiger partial charge is 0.263 e. The molecule has 7 nitrogen and oxygen atoms in total. The zero-order chi connectivity index (χ0) is 23.8. The van der Waals surface area contributed by atoms with Crippen LogP contribution in [0.5, 0.6) is 11.5 Å². The van der Waals surface area contributed by atoms with Gasteiger partial charge < -0.3 is 14.8 Å². The summed E-state index contributed by atoms with van der Waals surface area (Å²) in [6, 6.07) is 11.6. The molecule has 0 bridgehead atoms. The van der Waals surface area contributed by atoms with Crippen LogP contribution in [0.4, 0.5) is 0 Å². The van der Waals surface area contributed by atoms with E-state index >= 15 is 0 Å². The van der Waals surface area contributed by atoms with Crippen molar-refractivity contribution >= 4 is 40.3 Å². The Morgan fingerprint density at radius 2 is 1.80 bits per heavy atom. The van der Waals surface area contributed by atoms with Crippen molar-refractivity contribution in [2.45, 2.75) is 25.7 Å². The fraction of sp³-hybridized carbons (Fsp3) is 0.308. The Balaban J connectivity index is 1.41. The number of carbonyl (C=O) groups is 1. The molecule has 3 heterocycles. The van der Waals surface area contributed by atoms with E-state index in [1.807, 2.05) is 48.7 Å². The van der Waals surface area contributed by atoms with Crippen LogP contribution in [0.3, 0.4) is 0 Å². The summed E-state index contributed by atoms with van der Waals surface area (Å²) in [5, 5.41) is 7.54. The predicted octanol–water partition coefficient (Wildman–Crippen LogP) is 5.00. The molecule has 1 aromatic carbocycles. The first-order valence-corrected chi connectivity index (χ1v) is 13.0. The maximum atomic E-state index is 12.4. The monoisotopic (exact) mass is 504 g/mol. The number of amides is 1. The highest BCUT2D eigenvalue weighted by Crippen LogP contribution is 2.37. The molecule has 9 heteroatoms. The first-order valence-electron chi connectivity index (χ1n) is 11.8. The summed E-state index contributed by atoms with van der Waals surface area (Å²) in [4.78, 5) is 17.3. The van der Waals surface area contributed by atoms with Crippen molar-refractivity contribution in [3.8, 4) is 28.6 Å². The van der Waals surface area contributed by atoms with Crippen molar-refractivity contribution in [2.24, 2.45) is 11.8 Å². The number of ether oxygens (including phenoxy) is 2. The van der Waals surface area contributed by atoms with E-state index in [1.165, 1.54) is 37.4 Å². The van der Waals surface area contributed by atoms with Gasteiger partial charge in [0.2, 0.25) is 0 Å². The molecular weight excluding hydrogens is 480 g/mol. The van der Waals surface area contributed by atoms with E-state index in [2.05, 4.69) is 10.3 Å². The second-order valence-corrected chi connectivity index (χ2v) is 10.8. The minimum absolute atomic E-state index is 0.202. The maximum Gasteiger partial charge on any atom is 0.263 e. The molecule has 1 aliphatic heterocycles. The Hall–Kier alpha value is -3.17. The number of rotatable bonds is 9. The molecule has 0 radical (unpaired) electrons. The number of thioether (sulfide) groups is 1. The molecule has 3 aliphatic rings. The summed E-state index contributed by atoms with van der Waals surface area (Å²) in [5.41, 5.74) is 2.35. The highest BCUT2D eigenvalue weighted by atomic mass is 32.2. The van der Waals surface area contributed by atoms with Crippen molar-refractivity contribution in [2.75, 3.05) is 13.2 Å². The fourth-order valence-electron chi connectivity index (χ4n) is 3.76. The average molecular weight is 505 g/mol. The SMILES string of the molecule is O=C1NC(=S)S/C1=C\c1cn(-c2ccccn2)nc1-c1cc(OCC2CC2)cc(OCC2CC2)c1. The van der Waals surface area contributed by atoms with Crippen LogP contribution in [0, 0.1) is 11.8 Å². The molecule has 1 amide bonds. The third-order valence-electron chi connectivity index (χ3n) is 6.07. The lowest BCUT2D eigenvalue weighted by Gasteiger charge is -2.12. The second kappa shape index (κ2) is 9.47. The van der Waals surface area contributed by atoms with Crippen molar-refractivity contribution in [1.29, 1.82) is 0 Å². The van der Waals surface area contributed by atoms with Gasteiger partial charge in [-0.2, -0.15) is 5.10 Å². The standard InChI is InChI=1S/C26H24N4O3S2/c31-25-22(35-26(34)28-25)11-19-13-30(23-3-1-2-8-27-23)29-24(19)18-9-20(32-14-16-4-5-16)12-21(10-18)33-15-17-6-7-17/h1-3,8-13,16-17H,4-7,14-15H2,(H,28,31,34)/b22-11-. The molecule has 0 atom stereocenters. The topological polar surface area (TPSA) is 78.3 Å². The van der Waals surface area contributed by atoms with E-state index in [0.29, 0.717) is 45.8 Å². The number of carbonyl (C=O) groups excluding carboxylic acids is 1. The van der Waals surface area contributed by atoms with Crippen LogP contribution in [0.15, 0.2) is 53.7 Å². The third kappa shape index (κ3) is 5.41. The zero-order valence-electron chi connectivity index (χ0n) is 19.0. The van der Waals surface area contributed by atoms with Gasteiger partial charge in [0.1, 0.15) is 21.5 Å². The normalized spacial score (nSPS) is 18.7. The summed E-state index contributed by atoms with van der Waals surface area (Å²) in [6.45, 7) is 1.41. The van der Waals surface area contributed by atoms with Crippen LogP contribution in [0.2, 0.25) is 0 Å². The highest BCUT2D eigenvalue weighted by molar-refractivity contribution is 8.26. The largest absolute Gasteiger partial charge is 0.493 e. The van der Waals surface area contributed by atoms with Gasteiger partial charge in [-0.15, -0.1) is 0 Å². The summed E-state index contributed by atoms with van der Waals surface area (Å²) < 4.78 is 14.4. The number of thiocarbonyl (C=S) groups is 1. The quantitative estimate of drug-likeness (QED) is 0.325. The van der Waals surface area contributed by atoms with Crippen LogP contribution >= 0.6 is 24.0 Å². The van der Waals surface area contributed by atoms with Crippen molar-refractivity contribution in [3.63, 3.8) is 0 Å². The Morgan fingerprint density at radius 3 is 2.37 bits per heavy atom. The van der Waals surface area contributed by atoms with Crippen LogP contribution < -0.4 is 14.8 Å². The first-order chi connectivity index (χ1) is 17.1.